The molecule has 0 aliphatic carbocycles. The zero-order valence-corrected chi connectivity index (χ0v) is 13.1. The second kappa shape index (κ2) is 6.70. The molecule has 2 aromatic rings. The van der Waals surface area contributed by atoms with Crippen molar-refractivity contribution in [1.82, 2.24) is 9.88 Å². The highest BCUT2D eigenvalue weighted by atomic mass is 19.4. The Morgan fingerprint density at radius 3 is 2.28 bits per heavy atom. The lowest BCUT2D eigenvalue weighted by Gasteiger charge is -2.35. The van der Waals surface area contributed by atoms with Crippen LogP contribution in [0.2, 0.25) is 0 Å². The number of halogens is 4. The third kappa shape index (κ3) is 3.72. The predicted octanol–water partition coefficient (Wildman–Crippen LogP) is 3.20. The monoisotopic (exact) mass is 353 g/mol. The van der Waals surface area contributed by atoms with E-state index in [9.17, 15) is 22.4 Å². The fraction of sp³-hybridized carbons (Fsp3) is 0.294. The lowest BCUT2D eigenvalue weighted by molar-refractivity contribution is -0.138. The normalized spacial score (nSPS) is 15.4. The van der Waals surface area contributed by atoms with E-state index in [-0.39, 0.29) is 18.7 Å². The summed E-state index contributed by atoms with van der Waals surface area (Å²) >= 11 is 0. The molecule has 0 unspecified atom stereocenters. The molecule has 1 saturated heterocycles. The van der Waals surface area contributed by atoms with Gasteiger partial charge in [-0.15, -0.1) is 0 Å². The largest absolute Gasteiger partial charge is 0.417 e. The average molecular weight is 353 g/mol. The first-order valence-corrected chi connectivity index (χ1v) is 7.69. The minimum atomic E-state index is -4.58. The Morgan fingerprint density at radius 1 is 0.960 bits per heavy atom. The maximum atomic E-state index is 13.2. The van der Waals surface area contributed by atoms with Crippen LogP contribution in [0.3, 0.4) is 0 Å². The van der Waals surface area contributed by atoms with E-state index in [2.05, 4.69) is 4.98 Å². The number of benzene rings is 1. The van der Waals surface area contributed by atoms with Crippen molar-refractivity contribution < 1.29 is 22.4 Å². The number of anilines is 1. The smallest absolute Gasteiger partial charge is 0.353 e. The molecule has 1 amide bonds. The van der Waals surface area contributed by atoms with Gasteiger partial charge >= 0.3 is 6.18 Å². The Balaban J connectivity index is 1.72. The Morgan fingerprint density at radius 2 is 1.64 bits per heavy atom. The van der Waals surface area contributed by atoms with Crippen LogP contribution in [0.4, 0.5) is 23.4 Å². The van der Waals surface area contributed by atoms with Crippen LogP contribution in [0.25, 0.3) is 0 Å². The van der Waals surface area contributed by atoms with Crippen molar-refractivity contribution in [2.45, 2.75) is 6.18 Å². The van der Waals surface area contributed by atoms with Gasteiger partial charge in [-0.25, -0.2) is 4.98 Å². The maximum absolute atomic E-state index is 13.2. The summed E-state index contributed by atoms with van der Waals surface area (Å²) in [6, 6.07) is 9.18. The van der Waals surface area contributed by atoms with Crippen LogP contribution in [0.1, 0.15) is 15.9 Å². The molecule has 0 radical (unpaired) electrons. The van der Waals surface area contributed by atoms with Gasteiger partial charge in [-0.3, -0.25) is 4.79 Å². The number of hydrogen-bond acceptors (Lipinski definition) is 3. The number of carbonyl (C=O) groups excluding carboxylic acids is 1. The summed E-state index contributed by atoms with van der Waals surface area (Å²) in [6.07, 6.45) is -4.58. The van der Waals surface area contributed by atoms with E-state index >= 15 is 0 Å². The minimum Gasteiger partial charge on any atom is -0.353 e. The average Bonchev–Trinajstić information content (AvgIpc) is 2.60. The fourth-order valence-electron chi connectivity index (χ4n) is 2.80. The Labute approximate surface area is 141 Å². The number of carbonyl (C=O) groups is 1. The highest BCUT2D eigenvalue weighted by Crippen LogP contribution is 2.32. The summed E-state index contributed by atoms with van der Waals surface area (Å²) in [5.74, 6) is -0.808. The summed E-state index contributed by atoms with van der Waals surface area (Å²) < 4.78 is 52.4. The molecule has 1 fully saturated rings. The second-order valence-electron chi connectivity index (χ2n) is 5.64. The van der Waals surface area contributed by atoms with Gasteiger partial charge in [0.2, 0.25) is 5.95 Å². The number of rotatable bonds is 2. The van der Waals surface area contributed by atoms with Crippen molar-refractivity contribution in [3.05, 3.63) is 59.5 Å². The Bertz CT molecular complexity index is 770. The fourth-order valence-corrected chi connectivity index (χ4v) is 2.80. The molecule has 132 valence electrons. The second-order valence-corrected chi connectivity index (χ2v) is 5.64. The van der Waals surface area contributed by atoms with Crippen molar-refractivity contribution in [3.63, 3.8) is 0 Å². The van der Waals surface area contributed by atoms with Crippen LogP contribution in [0, 0.1) is 5.95 Å². The van der Waals surface area contributed by atoms with E-state index in [1.54, 1.807) is 11.0 Å². The van der Waals surface area contributed by atoms with Crippen LogP contribution in [-0.4, -0.2) is 42.0 Å². The lowest BCUT2D eigenvalue weighted by Crippen LogP contribution is -2.49. The zero-order chi connectivity index (χ0) is 18.0. The van der Waals surface area contributed by atoms with Gasteiger partial charge in [-0.2, -0.15) is 17.6 Å². The van der Waals surface area contributed by atoms with E-state index in [4.69, 9.17) is 0 Å². The maximum Gasteiger partial charge on any atom is 0.417 e. The number of pyridine rings is 1. The van der Waals surface area contributed by atoms with Crippen LogP contribution in [0.15, 0.2) is 42.5 Å². The molecule has 0 bridgehead atoms. The summed E-state index contributed by atoms with van der Waals surface area (Å²) in [4.78, 5) is 19.4. The number of alkyl halides is 3. The molecule has 0 N–H and O–H groups in total. The van der Waals surface area contributed by atoms with Crippen molar-refractivity contribution in [1.29, 1.82) is 0 Å². The number of aromatic nitrogens is 1. The standard InChI is InChI=1S/C17H15F4N3O/c18-14-6-3-7-15(22-14)23-8-10-24(11-9-23)16(25)12-4-1-2-5-13(12)17(19,20)21/h1-7H,8-11H2. The molecule has 1 aromatic carbocycles. The quantitative estimate of drug-likeness (QED) is 0.615. The predicted molar refractivity (Wildman–Crippen MR) is 83.8 cm³/mol. The van der Waals surface area contributed by atoms with E-state index in [0.29, 0.717) is 18.9 Å². The van der Waals surface area contributed by atoms with E-state index < -0.39 is 23.6 Å². The summed E-state index contributed by atoms with van der Waals surface area (Å²) in [7, 11) is 0. The molecule has 2 heterocycles. The molecular weight excluding hydrogens is 338 g/mol. The van der Waals surface area contributed by atoms with Crippen LogP contribution < -0.4 is 4.90 Å². The van der Waals surface area contributed by atoms with Crippen molar-refractivity contribution in [3.8, 4) is 0 Å². The van der Waals surface area contributed by atoms with E-state index in [1.807, 2.05) is 0 Å². The van der Waals surface area contributed by atoms with Gasteiger partial charge in [0.05, 0.1) is 11.1 Å². The van der Waals surface area contributed by atoms with E-state index in [0.717, 1.165) is 6.07 Å². The van der Waals surface area contributed by atoms with Crippen LogP contribution in [0.5, 0.6) is 0 Å². The van der Waals surface area contributed by atoms with Gasteiger partial charge in [0.1, 0.15) is 5.82 Å². The summed E-state index contributed by atoms with van der Waals surface area (Å²) in [5.41, 5.74) is -1.29. The van der Waals surface area contributed by atoms with Crippen molar-refractivity contribution in [2.24, 2.45) is 0 Å². The number of piperazine rings is 1. The molecule has 4 nitrogen and oxygen atoms in total. The van der Waals surface area contributed by atoms with Gasteiger partial charge in [-0.05, 0) is 24.3 Å². The molecule has 25 heavy (non-hydrogen) atoms. The molecule has 1 aliphatic rings. The third-order valence-electron chi connectivity index (χ3n) is 4.05. The molecule has 3 rings (SSSR count). The Kier molecular flexibility index (Phi) is 4.61. The SMILES string of the molecule is O=C(c1ccccc1C(F)(F)F)N1CCN(c2cccc(F)n2)CC1. The first-order valence-electron chi connectivity index (χ1n) is 7.69. The molecule has 0 saturated carbocycles. The van der Waals surface area contributed by atoms with Gasteiger partial charge in [0, 0.05) is 26.2 Å². The Hall–Kier alpha value is -2.64. The highest BCUT2D eigenvalue weighted by molar-refractivity contribution is 5.96. The van der Waals surface area contributed by atoms with Crippen LogP contribution >= 0.6 is 0 Å². The topological polar surface area (TPSA) is 36.4 Å². The first kappa shape index (κ1) is 17.2. The number of hydrogen-bond donors (Lipinski definition) is 0. The van der Waals surface area contributed by atoms with Gasteiger partial charge in [-0.1, -0.05) is 18.2 Å². The number of nitrogens with zero attached hydrogens (tertiary/aromatic N) is 3. The van der Waals surface area contributed by atoms with Crippen molar-refractivity contribution >= 4 is 11.7 Å². The molecule has 1 aliphatic heterocycles. The number of amides is 1. The highest BCUT2D eigenvalue weighted by Gasteiger charge is 2.36. The van der Waals surface area contributed by atoms with Crippen molar-refractivity contribution in [2.75, 3.05) is 31.1 Å². The third-order valence-corrected chi connectivity index (χ3v) is 4.05. The zero-order valence-electron chi connectivity index (χ0n) is 13.1. The first-order chi connectivity index (χ1) is 11.9. The molecule has 0 atom stereocenters. The van der Waals surface area contributed by atoms with Gasteiger partial charge in [0.15, 0.2) is 0 Å². The minimum absolute atomic E-state index is 0.239. The molecule has 8 heteroatoms. The lowest BCUT2D eigenvalue weighted by atomic mass is 10.1. The van der Waals surface area contributed by atoms with Gasteiger partial charge in [0.25, 0.3) is 5.91 Å². The van der Waals surface area contributed by atoms with Crippen LogP contribution in [-0.2, 0) is 6.18 Å². The van der Waals surface area contributed by atoms with Gasteiger partial charge < -0.3 is 9.80 Å². The molecule has 1 aromatic heterocycles. The molecule has 0 spiro atoms. The summed E-state index contributed by atoms with van der Waals surface area (Å²) in [6.45, 7) is 1.22. The summed E-state index contributed by atoms with van der Waals surface area (Å²) in [5, 5.41) is 0. The van der Waals surface area contributed by atoms with E-state index in [1.165, 1.54) is 35.2 Å². The molecular formula is C17H15F4N3O.